The summed E-state index contributed by atoms with van der Waals surface area (Å²) in [6.45, 7) is 10.0. The van der Waals surface area contributed by atoms with Gasteiger partial charge in [0.25, 0.3) is 5.91 Å². The second kappa shape index (κ2) is 9.46. The zero-order valence-electron chi connectivity index (χ0n) is 17.2. The summed E-state index contributed by atoms with van der Waals surface area (Å²) in [5, 5.41) is 6.24. The fraction of sp³-hybridized carbons (Fsp3) is 0.476. The number of carbonyl (C=O) groups is 1. The van der Waals surface area contributed by atoms with E-state index < -0.39 is 0 Å². The number of anilines is 2. The van der Waals surface area contributed by atoms with E-state index in [2.05, 4.69) is 66.5 Å². The van der Waals surface area contributed by atoms with Crippen LogP contribution in [0, 0.1) is 0 Å². The first-order chi connectivity index (χ1) is 12.8. The van der Waals surface area contributed by atoms with Crippen molar-refractivity contribution in [1.82, 2.24) is 20.2 Å². The number of aromatic nitrogens is 2. The van der Waals surface area contributed by atoms with Crippen LogP contribution in [0.15, 0.2) is 30.5 Å². The van der Waals surface area contributed by atoms with E-state index in [1.807, 2.05) is 19.0 Å². The third kappa shape index (κ3) is 5.76. The van der Waals surface area contributed by atoms with Crippen LogP contribution in [-0.4, -0.2) is 48.0 Å². The third-order valence-electron chi connectivity index (χ3n) is 4.34. The van der Waals surface area contributed by atoms with Gasteiger partial charge in [0.1, 0.15) is 5.69 Å². The number of para-hydroxylation sites is 1. The minimum Gasteiger partial charge on any atom is -0.349 e. The number of rotatable bonds is 8. The topological polar surface area (TPSA) is 70.2 Å². The van der Waals surface area contributed by atoms with Crippen molar-refractivity contribution >= 4 is 17.5 Å². The summed E-state index contributed by atoms with van der Waals surface area (Å²) < 4.78 is 0. The molecule has 2 aromatic rings. The van der Waals surface area contributed by atoms with Gasteiger partial charge in [-0.15, -0.1) is 0 Å². The summed E-state index contributed by atoms with van der Waals surface area (Å²) in [5.41, 5.74) is 3.82. The second-order valence-electron chi connectivity index (χ2n) is 7.57. The van der Waals surface area contributed by atoms with E-state index in [-0.39, 0.29) is 5.91 Å². The third-order valence-corrected chi connectivity index (χ3v) is 4.34. The normalized spacial score (nSPS) is 11.3. The molecule has 1 heterocycles. The Bertz CT molecular complexity index is 745. The fourth-order valence-corrected chi connectivity index (χ4v) is 2.84. The van der Waals surface area contributed by atoms with Gasteiger partial charge in [-0.2, -0.15) is 0 Å². The predicted molar refractivity (Wildman–Crippen MR) is 111 cm³/mol. The highest BCUT2D eigenvalue weighted by Crippen LogP contribution is 2.33. The molecule has 0 bridgehead atoms. The van der Waals surface area contributed by atoms with Crippen LogP contribution in [-0.2, 0) is 0 Å². The van der Waals surface area contributed by atoms with Crippen molar-refractivity contribution in [3.8, 4) is 0 Å². The minimum atomic E-state index is -0.191. The number of hydrogen-bond acceptors (Lipinski definition) is 5. The maximum Gasteiger partial charge on any atom is 0.270 e. The van der Waals surface area contributed by atoms with Crippen LogP contribution in [0.4, 0.5) is 11.6 Å². The maximum atomic E-state index is 12.3. The Hall–Kier alpha value is -2.47. The van der Waals surface area contributed by atoms with Crippen LogP contribution in [0.2, 0.25) is 0 Å². The van der Waals surface area contributed by atoms with Crippen molar-refractivity contribution in [3.63, 3.8) is 0 Å². The van der Waals surface area contributed by atoms with Gasteiger partial charge in [-0.25, -0.2) is 9.97 Å². The smallest absolute Gasteiger partial charge is 0.270 e. The molecule has 0 unspecified atom stereocenters. The van der Waals surface area contributed by atoms with E-state index in [1.54, 1.807) is 12.3 Å². The Balaban J connectivity index is 2.25. The molecule has 0 radical (unpaired) electrons. The number of carbonyl (C=O) groups excluding carboxylic acids is 1. The number of amides is 1. The van der Waals surface area contributed by atoms with Crippen LogP contribution in [0.1, 0.15) is 61.1 Å². The van der Waals surface area contributed by atoms with Crippen molar-refractivity contribution in [3.05, 3.63) is 47.3 Å². The van der Waals surface area contributed by atoms with Gasteiger partial charge in [-0.05, 0) is 43.1 Å². The molecule has 0 saturated heterocycles. The lowest BCUT2D eigenvalue weighted by molar-refractivity contribution is 0.0946. The summed E-state index contributed by atoms with van der Waals surface area (Å²) in [4.78, 5) is 23.1. The Kier molecular flexibility index (Phi) is 7.30. The molecule has 2 rings (SSSR count). The Morgan fingerprint density at radius 1 is 1.07 bits per heavy atom. The van der Waals surface area contributed by atoms with E-state index in [1.165, 1.54) is 11.1 Å². The van der Waals surface area contributed by atoms with Crippen molar-refractivity contribution < 1.29 is 4.79 Å². The van der Waals surface area contributed by atoms with E-state index in [4.69, 9.17) is 0 Å². The van der Waals surface area contributed by atoms with Gasteiger partial charge < -0.3 is 15.5 Å². The molecular weight excluding hydrogens is 338 g/mol. The monoisotopic (exact) mass is 369 g/mol. The second-order valence-corrected chi connectivity index (χ2v) is 7.57. The highest BCUT2D eigenvalue weighted by atomic mass is 16.1. The molecule has 1 aromatic carbocycles. The average Bonchev–Trinajstić information content (AvgIpc) is 2.61. The van der Waals surface area contributed by atoms with Crippen molar-refractivity contribution in [2.75, 3.05) is 32.5 Å². The van der Waals surface area contributed by atoms with Crippen molar-refractivity contribution in [2.24, 2.45) is 0 Å². The molecule has 2 N–H and O–H groups in total. The SMILES string of the molecule is CC(C)c1cccc(C(C)C)c1Nc1nccc(C(=O)NCCN(C)C)n1. The number of nitrogens with one attached hydrogen (secondary N) is 2. The summed E-state index contributed by atoms with van der Waals surface area (Å²) in [7, 11) is 3.94. The van der Waals surface area contributed by atoms with Crippen molar-refractivity contribution in [2.45, 2.75) is 39.5 Å². The largest absolute Gasteiger partial charge is 0.349 e. The number of benzene rings is 1. The van der Waals surface area contributed by atoms with E-state index in [0.29, 0.717) is 30.0 Å². The molecule has 146 valence electrons. The molecule has 0 saturated carbocycles. The van der Waals surface area contributed by atoms with Crippen LogP contribution < -0.4 is 10.6 Å². The standard InChI is InChI=1S/C21H31N5O/c1-14(2)16-8-7-9-17(15(3)4)19(16)25-21-23-11-10-18(24-21)20(27)22-12-13-26(5)6/h7-11,14-15H,12-13H2,1-6H3,(H,22,27)(H,23,24,25). The molecule has 0 spiro atoms. The van der Waals surface area contributed by atoms with Gasteiger partial charge in [-0.1, -0.05) is 45.9 Å². The fourth-order valence-electron chi connectivity index (χ4n) is 2.84. The Morgan fingerprint density at radius 2 is 1.70 bits per heavy atom. The molecule has 0 atom stereocenters. The van der Waals surface area contributed by atoms with Crippen LogP contribution in [0.3, 0.4) is 0 Å². The summed E-state index contributed by atoms with van der Waals surface area (Å²) in [6.07, 6.45) is 1.61. The first-order valence-electron chi connectivity index (χ1n) is 9.45. The van der Waals surface area contributed by atoms with Crippen LogP contribution in [0.5, 0.6) is 0 Å². The average molecular weight is 370 g/mol. The Labute approximate surface area is 162 Å². The van der Waals surface area contributed by atoms with Gasteiger partial charge in [0.15, 0.2) is 0 Å². The highest BCUT2D eigenvalue weighted by molar-refractivity contribution is 5.92. The highest BCUT2D eigenvalue weighted by Gasteiger charge is 2.16. The zero-order chi connectivity index (χ0) is 20.0. The minimum absolute atomic E-state index is 0.191. The lowest BCUT2D eigenvalue weighted by Gasteiger charge is -2.20. The summed E-state index contributed by atoms with van der Waals surface area (Å²) in [6, 6.07) is 7.96. The maximum absolute atomic E-state index is 12.3. The molecule has 0 aliphatic rings. The number of likely N-dealkylation sites (N-methyl/N-ethyl adjacent to an activating group) is 1. The summed E-state index contributed by atoms with van der Waals surface area (Å²) in [5.74, 6) is 0.973. The predicted octanol–water partition coefficient (Wildman–Crippen LogP) is 3.76. The molecule has 0 aliphatic carbocycles. The summed E-state index contributed by atoms with van der Waals surface area (Å²) >= 11 is 0. The lowest BCUT2D eigenvalue weighted by atomic mass is 9.93. The molecule has 27 heavy (non-hydrogen) atoms. The number of hydrogen-bond donors (Lipinski definition) is 2. The van der Waals surface area contributed by atoms with Crippen LogP contribution in [0.25, 0.3) is 0 Å². The zero-order valence-corrected chi connectivity index (χ0v) is 17.2. The molecule has 0 fully saturated rings. The van der Waals surface area contributed by atoms with Gasteiger partial charge >= 0.3 is 0 Å². The van der Waals surface area contributed by atoms with Gasteiger partial charge in [-0.3, -0.25) is 4.79 Å². The van der Waals surface area contributed by atoms with Gasteiger partial charge in [0, 0.05) is 25.0 Å². The molecule has 1 amide bonds. The first-order valence-corrected chi connectivity index (χ1v) is 9.45. The van der Waals surface area contributed by atoms with Crippen molar-refractivity contribution in [1.29, 1.82) is 0 Å². The molecule has 1 aromatic heterocycles. The van der Waals surface area contributed by atoms with Crippen LogP contribution >= 0.6 is 0 Å². The van der Waals surface area contributed by atoms with E-state index in [0.717, 1.165) is 12.2 Å². The van der Waals surface area contributed by atoms with Gasteiger partial charge in [0.2, 0.25) is 5.95 Å². The lowest BCUT2D eigenvalue weighted by Crippen LogP contribution is -2.31. The molecule has 6 nitrogen and oxygen atoms in total. The first kappa shape index (κ1) is 20.8. The number of nitrogens with zero attached hydrogens (tertiary/aromatic N) is 3. The van der Waals surface area contributed by atoms with E-state index in [9.17, 15) is 4.79 Å². The molecule has 6 heteroatoms. The molecule has 0 aliphatic heterocycles. The molecular formula is C21H31N5O. The quantitative estimate of drug-likeness (QED) is 0.741. The van der Waals surface area contributed by atoms with E-state index >= 15 is 0 Å². The van der Waals surface area contributed by atoms with Gasteiger partial charge in [0.05, 0.1) is 0 Å². The Morgan fingerprint density at radius 3 is 2.26 bits per heavy atom.